The van der Waals surface area contributed by atoms with Crippen LogP contribution in [0.1, 0.15) is 10.4 Å². The third-order valence-electron chi connectivity index (χ3n) is 2.94. The van der Waals surface area contributed by atoms with Gasteiger partial charge in [-0.05, 0) is 17.0 Å². The largest absolute Gasteiger partial charge is 0.549 e. The summed E-state index contributed by atoms with van der Waals surface area (Å²) in [5, 5.41) is 12.4. The van der Waals surface area contributed by atoms with Crippen LogP contribution < -0.4 is 5.11 Å². The molecule has 1 heterocycles. The van der Waals surface area contributed by atoms with E-state index in [0.717, 1.165) is 22.2 Å². The average molecular weight is 334 g/mol. The summed E-state index contributed by atoms with van der Waals surface area (Å²) in [5.74, 6) is -1.23. The van der Waals surface area contributed by atoms with Crippen molar-refractivity contribution in [2.45, 2.75) is 13.1 Å². The van der Waals surface area contributed by atoms with Crippen molar-refractivity contribution in [2.75, 3.05) is 11.5 Å². The van der Waals surface area contributed by atoms with Gasteiger partial charge in [0.1, 0.15) is 0 Å². The van der Waals surface area contributed by atoms with E-state index in [1.165, 1.54) is 0 Å². The first kappa shape index (κ1) is 16.6. The summed E-state index contributed by atoms with van der Waals surface area (Å²) in [6, 6.07) is 13.7. The molecule has 22 heavy (non-hydrogen) atoms. The van der Waals surface area contributed by atoms with Gasteiger partial charge in [0.25, 0.3) is 0 Å². The standard InChI is InChI=1S/C16H17NO3S2/c18-15(11-21-12-16(19)20)17(10-14-7-4-8-22-14)9-13-5-2-1-3-6-13/h1-8H,9-12H2,(H,19,20)/p-1. The van der Waals surface area contributed by atoms with Crippen molar-refractivity contribution in [3.63, 3.8) is 0 Å². The summed E-state index contributed by atoms with van der Waals surface area (Å²) in [6.45, 7) is 1.06. The molecule has 0 bridgehead atoms. The van der Waals surface area contributed by atoms with Gasteiger partial charge < -0.3 is 14.8 Å². The molecule has 0 aliphatic carbocycles. The van der Waals surface area contributed by atoms with Crippen LogP contribution in [0.3, 0.4) is 0 Å². The maximum atomic E-state index is 12.4. The molecule has 0 unspecified atom stereocenters. The van der Waals surface area contributed by atoms with Gasteiger partial charge in [0.2, 0.25) is 5.91 Å². The minimum Gasteiger partial charge on any atom is -0.549 e. The fourth-order valence-electron chi connectivity index (χ4n) is 1.94. The quantitative estimate of drug-likeness (QED) is 0.738. The van der Waals surface area contributed by atoms with Crippen molar-refractivity contribution in [1.82, 2.24) is 4.90 Å². The number of carboxylic acid groups (broad SMARTS) is 1. The van der Waals surface area contributed by atoms with Crippen LogP contribution in [0.5, 0.6) is 0 Å². The van der Waals surface area contributed by atoms with Crippen LogP contribution in [-0.4, -0.2) is 28.3 Å². The number of thiophene rings is 1. The lowest BCUT2D eigenvalue weighted by Crippen LogP contribution is -2.32. The third kappa shape index (κ3) is 5.54. The summed E-state index contributed by atoms with van der Waals surface area (Å²) in [4.78, 5) is 25.7. The molecule has 0 N–H and O–H groups in total. The number of thioether (sulfide) groups is 1. The number of benzene rings is 1. The van der Waals surface area contributed by atoms with E-state index in [9.17, 15) is 14.7 Å². The Labute approximate surface area is 137 Å². The van der Waals surface area contributed by atoms with Gasteiger partial charge in [-0.25, -0.2) is 0 Å². The summed E-state index contributed by atoms with van der Waals surface area (Å²) in [6.07, 6.45) is 0. The van der Waals surface area contributed by atoms with Gasteiger partial charge in [-0.15, -0.1) is 23.1 Å². The monoisotopic (exact) mass is 334 g/mol. The van der Waals surface area contributed by atoms with Gasteiger partial charge in [0.05, 0.1) is 18.3 Å². The molecule has 1 amide bonds. The van der Waals surface area contributed by atoms with E-state index < -0.39 is 5.97 Å². The van der Waals surface area contributed by atoms with Crippen LogP contribution in [0, 0.1) is 0 Å². The van der Waals surface area contributed by atoms with Crippen LogP contribution >= 0.6 is 23.1 Å². The number of hydrogen-bond acceptors (Lipinski definition) is 5. The Bertz CT molecular complexity index is 599. The maximum Gasteiger partial charge on any atom is 0.233 e. The topological polar surface area (TPSA) is 60.4 Å². The Morgan fingerprint density at radius 3 is 2.45 bits per heavy atom. The molecular weight excluding hydrogens is 318 g/mol. The zero-order valence-corrected chi connectivity index (χ0v) is 13.6. The highest BCUT2D eigenvalue weighted by Gasteiger charge is 2.15. The van der Waals surface area contributed by atoms with Gasteiger partial charge in [0, 0.05) is 17.2 Å². The lowest BCUT2D eigenvalue weighted by molar-refractivity contribution is -0.301. The van der Waals surface area contributed by atoms with E-state index in [1.807, 2.05) is 47.8 Å². The number of nitrogens with zero attached hydrogens (tertiary/aromatic N) is 1. The number of carbonyl (C=O) groups excluding carboxylic acids is 2. The minimum atomic E-state index is -1.15. The summed E-state index contributed by atoms with van der Waals surface area (Å²) in [5.41, 5.74) is 1.05. The van der Waals surface area contributed by atoms with Crippen molar-refractivity contribution < 1.29 is 14.7 Å². The smallest absolute Gasteiger partial charge is 0.233 e. The fourth-order valence-corrected chi connectivity index (χ4v) is 3.29. The van der Waals surface area contributed by atoms with Crippen molar-refractivity contribution in [3.05, 3.63) is 58.3 Å². The van der Waals surface area contributed by atoms with E-state index in [0.29, 0.717) is 13.1 Å². The number of carbonyl (C=O) groups is 2. The molecule has 116 valence electrons. The molecule has 2 aromatic rings. The molecule has 1 aromatic carbocycles. The number of rotatable bonds is 8. The molecule has 0 saturated heterocycles. The van der Waals surface area contributed by atoms with E-state index in [-0.39, 0.29) is 17.4 Å². The van der Waals surface area contributed by atoms with Gasteiger partial charge in [0.15, 0.2) is 0 Å². The van der Waals surface area contributed by atoms with Crippen LogP contribution in [-0.2, 0) is 22.7 Å². The van der Waals surface area contributed by atoms with Crippen molar-refractivity contribution in [3.8, 4) is 0 Å². The molecule has 0 aliphatic rings. The highest BCUT2D eigenvalue weighted by molar-refractivity contribution is 8.00. The lowest BCUT2D eigenvalue weighted by Gasteiger charge is -2.22. The Balaban J connectivity index is 2.00. The third-order valence-corrected chi connectivity index (χ3v) is 4.69. The van der Waals surface area contributed by atoms with E-state index in [4.69, 9.17) is 0 Å². The van der Waals surface area contributed by atoms with Gasteiger partial charge in [-0.3, -0.25) is 4.79 Å². The molecule has 1 aromatic heterocycles. The Morgan fingerprint density at radius 2 is 1.82 bits per heavy atom. The first-order chi connectivity index (χ1) is 10.6. The van der Waals surface area contributed by atoms with Gasteiger partial charge in [-0.2, -0.15) is 0 Å². The number of carboxylic acids is 1. The molecule has 0 radical (unpaired) electrons. The number of amides is 1. The van der Waals surface area contributed by atoms with E-state index >= 15 is 0 Å². The minimum absolute atomic E-state index is 0.0662. The van der Waals surface area contributed by atoms with E-state index in [2.05, 4.69) is 0 Å². The number of aliphatic carboxylic acids is 1. The summed E-state index contributed by atoms with van der Waals surface area (Å²) in [7, 11) is 0. The SMILES string of the molecule is O=C([O-])CSCC(=O)N(Cc1ccccc1)Cc1cccs1. The first-order valence-corrected chi connectivity index (χ1v) is 8.80. The predicted octanol–water partition coefficient (Wildman–Crippen LogP) is 1.76. The normalized spacial score (nSPS) is 10.4. The van der Waals surface area contributed by atoms with Crippen molar-refractivity contribution >= 4 is 35.0 Å². The Kier molecular flexibility index (Phi) is 6.48. The summed E-state index contributed by atoms with van der Waals surface area (Å²) < 4.78 is 0. The Morgan fingerprint density at radius 1 is 1.05 bits per heavy atom. The van der Waals surface area contributed by atoms with Gasteiger partial charge in [-0.1, -0.05) is 36.4 Å². The van der Waals surface area contributed by atoms with Crippen molar-refractivity contribution in [2.24, 2.45) is 0 Å². The summed E-state index contributed by atoms with van der Waals surface area (Å²) >= 11 is 2.67. The van der Waals surface area contributed by atoms with Crippen LogP contribution in [0.15, 0.2) is 47.8 Å². The van der Waals surface area contributed by atoms with Crippen LogP contribution in [0.4, 0.5) is 0 Å². The molecule has 2 rings (SSSR count). The Hall–Kier alpha value is -1.79. The van der Waals surface area contributed by atoms with Crippen molar-refractivity contribution in [1.29, 1.82) is 0 Å². The average Bonchev–Trinajstić information content (AvgIpc) is 3.00. The molecule has 4 nitrogen and oxygen atoms in total. The molecule has 0 aliphatic heterocycles. The van der Waals surface area contributed by atoms with Crippen LogP contribution in [0.2, 0.25) is 0 Å². The molecule has 6 heteroatoms. The maximum absolute atomic E-state index is 12.4. The second-order valence-electron chi connectivity index (χ2n) is 4.68. The highest BCUT2D eigenvalue weighted by Crippen LogP contribution is 2.16. The first-order valence-electron chi connectivity index (χ1n) is 6.77. The van der Waals surface area contributed by atoms with Crippen LogP contribution in [0.25, 0.3) is 0 Å². The zero-order chi connectivity index (χ0) is 15.8. The van der Waals surface area contributed by atoms with E-state index in [1.54, 1.807) is 16.2 Å². The second kappa shape index (κ2) is 8.60. The lowest BCUT2D eigenvalue weighted by atomic mass is 10.2. The highest BCUT2D eigenvalue weighted by atomic mass is 32.2. The molecule has 0 fully saturated rings. The molecule has 0 spiro atoms. The molecule has 0 saturated carbocycles. The zero-order valence-electron chi connectivity index (χ0n) is 11.9. The number of hydrogen-bond donors (Lipinski definition) is 0. The molecular formula is C16H16NO3S2-. The second-order valence-corrected chi connectivity index (χ2v) is 6.70. The van der Waals surface area contributed by atoms with Gasteiger partial charge >= 0.3 is 0 Å². The molecule has 0 atom stereocenters. The fraction of sp³-hybridized carbons (Fsp3) is 0.250. The predicted molar refractivity (Wildman–Crippen MR) is 87.3 cm³/mol.